The van der Waals surface area contributed by atoms with E-state index in [-0.39, 0.29) is 11.6 Å². The summed E-state index contributed by atoms with van der Waals surface area (Å²) in [5, 5.41) is 0.233. The molecule has 1 saturated heterocycles. The average Bonchev–Trinajstić information content (AvgIpc) is 2.87. The molecule has 0 bridgehead atoms. The third-order valence-corrected chi connectivity index (χ3v) is 4.33. The van der Waals surface area contributed by atoms with Gasteiger partial charge in [-0.05, 0) is 18.8 Å². The molecule has 3 nitrogen and oxygen atoms in total. The minimum atomic E-state index is -4.47. The Morgan fingerprint density at radius 3 is 2.58 bits per heavy atom. The molecule has 2 heterocycles. The van der Waals surface area contributed by atoms with Crippen LogP contribution < -0.4 is 0 Å². The van der Waals surface area contributed by atoms with Gasteiger partial charge in [-0.3, -0.25) is 4.79 Å². The standard InChI is InChI=1S/C12H15F3N2OS/c1-2-8-3-5-17(6-4-8)10(18)9-7-19-11(16-9)12(13,14)15/h7-8H,2-6H2,1H3. The predicted molar refractivity (Wildman–Crippen MR) is 66.0 cm³/mol. The van der Waals surface area contributed by atoms with E-state index < -0.39 is 11.2 Å². The number of piperidine rings is 1. The van der Waals surface area contributed by atoms with E-state index in [4.69, 9.17) is 0 Å². The lowest BCUT2D eigenvalue weighted by atomic mass is 9.94. The first-order valence-corrected chi connectivity index (χ1v) is 7.11. The van der Waals surface area contributed by atoms with Gasteiger partial charge in [0.15, 0.2) is 5.01 Å². The van der Waals surface area contributed by atoms with Crippen molar-refractivity contribution >= 4 is 17.2 Å². The highest BCUT2D eigenvalue weighted by Crippen LogP contribution is 2.32. The smallest absolute Gasteiger partial charge is 0.337 e. The van der Waals surface area contributed by atoms with Crippen molar-refractivity contribution in [3.05, 3.63) is 16.1 Å². The fourth-order valence-corrected chi connectivity index (χ4v) is 2.87. The largest absolute Gasteiger partial charge is 0.443 e. The summed E-state index contributed by atoms with van der Waals surface area (Å²) in [6, 6.07) is 0. The Morgan fingerprint density at radius 1 is 1.47 bits per heavy atom. The summed E-state index contributed by atoms with van der Waals surface area (Å²) < 4.78 is 37.3. The van der Waals surface area contributed by atoms with Gasteiger partial charge >= 0.3 is 6.18 Å². The minimum Gasteiger partial charge on any atom is -0.337 e. The molecule has 1 aliphatic rings. The van der Waals surface area contributed by atoms with Crippen molar-refractivity contribution in [2.75, 3.05) is 13.1 Å². The predicted octanol–water partition coefficient (Wildman–Crippen LogP) is 3.42. The van der Waals surface area contributed by atoms with Crippen LogP contribution in [-0.4, -0.2) is 28.9 Å². The van der Waals surface area contributed by atoms with E-state index >= 15 is 0 Å². The maximum absolute atomic E-state index is 12.4. The molecular weight excluding hydrogens is 277 g/mol. The van der Waals surface area contributed by atoms with Gasteiger partial charge in [0.1, 0.15) is 5.69 Å². The molecule has 1 amide bonds. The van der Waals surface area contributed by atoms with Crippen LogP contribution in [0.1, 0.15) is 41.7 Å². The highest BCUT2D eigenvalue weighted by atomic mass is 32.1. The highest BCUT2D eigenvalue weighted by molar-refractivity contribution is 7.09. The van der Waals surface area contributed by atoms with Crippen LogP contribution >= 0.6 is 11.3 Å². The quantitative estimate of drug-likeness (QED) is 0.836. The highest BCUT2D eigenvalue weighted by Gasteiger charge is 2.36. The molecule has 1 aromatic heterocycles. The molecule has 0 unspecified atom stereocenters. The number of likely N-dealkylation sites (tertiary alicyclic amines) is 1. The zero-order valence-electron chi connectivity index (χ0n) is 10.5. The van der Waals surface area contributed by atoms with Crippen molar-refractivity contribution < 1.29 is 18.0 Å². The molecule has 19 heavy (non-hydrogen) atoms. The van der Waals surface area contributed by atoms with Crippen LogP contribution in [0.3, 0.4) is 0 Å². The van der Waals surface area contributed by atoms with E-state index in [1.165, 1.54) is 5.38 Å². The van der Waals surface area contributed by atoms with E-state index in [2.05, 4.69) is 11.9 Å². The third kappa shape index (κ3) is 3.26. The van der Waals surface area contributed by atoms with Crippen LogP contribution in [0.15, 0.2) is 5.38 Å². The van der Waals surface area contributed by atoms with Gasteiger partial charge in [-0.1, -0.05) is 13.3 Å². The van der Waals surface area contributed by atoms with Gasteiger partial charge in [-0.15, -0.1) is 11.3 Å². The minimum absolute atomic E-state index is 0.0905. The Hall–Kier alpha value is -1.11. The maximum Gasteiger partial charge on any atom is 0.443 e. The van der Waals surface area contributed by atoms with Crippen molar-refractivity contribution in [1.29, 1.82) is 0 Å². The Bertz CT molecular complexity index is 450. The lowest BCUT2D eigenvalue weighted by molar-refractivity contribution is -0.137. The zero-order valence-corrected chi connectivity index (χ0v) is 11.4. The molecule has 2 rings (SSSR count). The summed E-state index contributed by atoms with van der Waals surface area (Å²) in [4.78, 5) is 17.0. The van der Waals surface area contributed by atoms with E-state index in [0.29, 0.717) is 30.3 Å². The monoisotopic (exact) mass is 292 g/mol. The van der Waals surface area contributed by atoms with Crippen LogP contribution in [0.4, 0.5) is 13.2 Å². The van der Waals surface area contributed by atoms with Crippen molar-refractivity contribution in [3.63, 3.8) is 0 Å². The van der Waals surface area contributed by atoms with Gasteiger partial charge in [-0.25, -0.2) is 4.98 Å². The molecule has 0 aromatic carbocycles. The number of hydrogen-bond donors (Lipinski definition) is 0. The first kappa shape index (κ1) is 14.3. The number of thiazole rings is 1. The average molecular weight is 292 g/mol. The normalized spacial score (nSPS) is 17.8. The molecule has 0 radical (unpaired) electrons. The lowest BCUT2D eigenvalue weighted by Crippen LogP contribution is -2.38. The first-order chi connectivity index (χ1) is 8.91. The van der Waals surface area contributed by atoms with E-state index in [0.717, 1.165) is 19.3 Å². The summed E-state index contributed by atoms with van der Waals surface area (Å²) in [6.07, 6.45) is -1.56. The second kappa shape index (κ2) is 5.48. The van der Waals surface area contributed by atoms with Crippen LogP contribution in [-0.2, 0) is 6.18 Å². The van der Waals surface area contributed by atoms with E-state index in [1.54, 1.807) is 4.90 Å². The maximum atomic E-state index is 12.4. The van der Waals surface area contributed by atoms with Crippen molar-refractivity contribution in [1.82, 2.24) is 9.88 Å². The second-order valence-corrected chi connectivity index (χ2v) is 5.54. The molecule has 1 fully saturated rings. The lowest BCUT2D eigenvalue weighted by Gasteiger charge is -2.31. The number of carbonyl (C=O) groups is 1. The summed E-state index contributed by atoms with van der Waals surface area (Å²) in [5.74, 6) is 0.228. The van der Waals surface area contributed by atoms with Crippen molar-refractivity contribution in [3.8, 4) is 0 Å². The molecule has 0 spiro atoms. The van der Waals surface area contributed by atoms with Gasteiger partial charge in [0.2, 0.25) is 0 Å². The van der Waals surface area contributed by atoms with Gasteiger partial charge in [0.05, 0.1) is 0 Å². The third-order valence-electron chi connectivity index (χ3n) is 3.44. The van der Waals surface area contributed by atoms with Crippen LogP contribution in [0, 0.1) is 5.92 Å². The number of nitrogens with zero attached hydrogens (tertiary/aromatic N) is 2. The van der Waals surface area contributed by atoms with Crippen LogP contribution in [0.5, 0.6) is 0 Å². The fourth-order valence-electron chi connectivity index (χ4n) is 2.21. The number of carbonyl (C=O) groups excluding carboxylic acids is 1. The van der Waals surface area contributed by atoms with Gasteiger partial charge in [0.25, 0.3) is 5.91 Å². The molecule has 106 valence electrons. The summed E-state index contributed by atoms with van der Waals surface area (Å²) in [7, 11) is 0. The summed E-state index contributed by atoms with van der Waals surface area (Å²) in [6.45, 7) is 3.32. The summed E-state index contributed by atoms with van der Waals surface area (Å²) in [5.41, 5.74) is -0.0905. The first-order valence-electron chi connectivity index (χ1n) is 6.23. The molecule has 0 saturated carbocycles. The van der Waals surface area contributed by atoms with E-state index in [9.17, 15) is 18.0 Å². The molecular formula is C12H15F3N2OS. The summed E-state index contributed by atoms with van der Waals surface area (Å²) >= 11 is 0.470. The van der Waals surface area contributed by atoms with E-state index in [1.807, 2.05) is 0 Å². The van der Waals surface area contributed by atoms with Crippen LogP contribution in [0.25, 0.3) is 0 Å². The van der Waals surface area contributed by atoms with Crippen molar-refractivity contribution in [2.24, 2.45) is 5.92 Å². The number of amides is 1. The molecule has 0 N–H and O–H groups in total. The fraction of sp³-hybridized carbons (Fsp3) is 0.667. The van der Waals surface area contributed by atoms with Gasteiger partial charge in [-0.2, -0.15) is 13.2 Å². The van der Waals surface area contributed by atoms with Crippen molar-refractivity contribution in [2.45, 2.75) is 32.4 Å². The topological polar surface area (TPSA) is 33.2 Å². The molecule has 7 heteroatoms. The second-order valence-electron chi connectivity index (χ2n) is 4.68. The number of rotatable bonds is 2. The van der Waals surface area contributed by atoms with Gasteiger partial charge < -0.3 is 4.90 Å². The Morgan fingerprint density at radius 2 is 2.11 bits per heavy atom. The molecule has 0 aliphatic carbocycles. The number of hydrogen-bond acceptors (Lipinski definition) is 3. The zero-order chi connectivity index (χ0) is 14.0. The van der Waals surface area contributed by atoms with Crippen LogP contribution in [0.2, 0.25) is 0 Å². The number of aromatic nitrogens is 1. The Balaban J connectivity index is 2.02. The molecule has 0 atom stereocenters. The Labute approximate surface area is 113 Å². The molecule has 1 aliphatic heterocycles. The number of alkyl halides is 3. The SMILES string of the molecule is CCC1CCN(C(=O)c2csc(C(F)(F)F)n2)CC1. The number of halogens is 3. The molecule has 1 aromatic rings. The van der Waals surface area contributed by atoms with Gasteiger partial charge in [0, 0.05) is 18.5 Å². The Kier molecular flexibility index (Phi) is 4.13.